The van der Waals surface area contributed by atoms with Gasteiger partial charge >= 0.3 is 5.97 Å². The lowest BCUT2D eigenvalue weighted by molar-refractivity contribution is -0.116. The zero-order chi connectivity index (χ0) is 22.5. The normalized spacial score (nSPS) is 15.9. The van der Waals surface area contributed by atoms with Crippen molar-refractivity contribution in [3.8, 4) is 0 Å². The van der Waals surface area contributed by atoms with E-state index in [2.05, 4.69) is 15.1 Å². The maximum Gasteiger partial charge on any atom is 0.338 e. The van der Waals surface area contributed by atoms with Crippen LogP contribution >= 0.6 is 35.6 Å². The highest BCUT2D eigenvalue weighted by Gasteiger charge is 2.20. The molecule has 2 aromatic rings. The number of esters is 1. The molecule has 0 spiro atoms. The van der Waals surface area contributed by atoms with E-state index in [-0.39, 0.29) is 24.3 Å². The van der Waals surface area contributed by atoms with E-state index in [1.165, 1.54) is 0 Å². The summed E-state index contributed by atoms with van der Waals surface area (Å²) in [7, 11) is 0. The molecule has 33 heavy (non-hydrogen) atoms. The van der Waals surface area contributed by atoms with Crippen LogP contribution in [0.4, 0.5) is 11.4 Å². The molecule has 6 nitrogen and oxygen atoms in total. The summed E-state index contributed by atoms with van der Waals surface area (Å²) in [4.78, 5) is 28.6. The second-order valence-electron chi connectivity index (χ2n) is 8.16. The number of nitrogens with zero attached hydrogens (tertiary/aromatic N) is 2. The number of nitrogens with one attached hydrogen (secondary N) is 1. The van der Waals surface area contributed by atoms with Gasteiger partial charge in [-0.1, -0.05) is 35.3 Å². The molecule has 0 aromatic heterocycles. The predicted molar refractivity (Wildman–Crippen MR) is 135 cm³/mol. The van der Waals surface area contributed by atoms with E-state index >= 15 is 0 Å². The molecule has 0 aliphatic carbocycles. The number of anilines is 2. The summed E-state index contributed by atoms with van der Waals surface area (Å²) < 4.78 is 5.43. The first-order valence-corrected chi connectivity index (χ1v) is 11.8. The van der Waals surface area contributed by atoms with Gasteiger partial charge in [0.05, 0.1) is 27.9 Å². The molecule has 0 bridgehead atoms. The molecule has 1 amide bonds. The van der Waals surface area contributed by atoms with Crippen molar-refractivity contribution in [1.29, 1.82) is 0 Å². The molecule has 0 saturated carbocycles. The first kappa shape index (κ1) is 25.6. The van der Waals surface area contributed by atoms with Crippen molar-refractivity contribution in [3.05, 3.63) is 57.6 Å². The van der Waals surface area contributed by atoms with Crippen molar-refractivity contribution in [1.82, 2.24) is 4.90 Å². The van der Waals surface area contributed by atoms with Gasteiger partial charge < -0.3 is 15.0 Å². The third-order valence-corrected chi connectivity index (χ3v) is 6.80. The lowest BCUT2D eigenvalue weighted by Crippen LogP contribution is -2.46. The Morgan fingerprint density at radius 1 is 1.03 bits per heavy atom. The van der Waals surface area contributed by atoms with Crippen LogP contribution in [-0.4, -0.2) is 56.1 Å². The zero-order valence-corrected chi connectivity index (χ0v) is 20.6. The monoisotopic (exact) mass is 511 g/mol. The van der Waals surface area contributed by atoms with Crippen molar-refractivity contribution in [2.75, 3.05) is 49.5 Å². The summed E-state index contributed by atoms with van der Waals surface area (Å²) in [6.07, 6.45) is 2.97. The number of hydrogen-bond acceptors (Lipinski definition) is 5. The minimum absolute atomic E-state index is 0. The highest BCUT2D eigenvalue weighted by molar-refractivity contribution is 6.43. The molecule has 178 valence electrons. The van der Waals surface area contributed by atoms with Gasteiger partial charge in [-0.15, -0.1) is 12.4 Å². The van der Waals surface area contributed by atoms with E-state index in [9.17, 15) is 9.59 Å². The van der Waals surface area contributed by atoms with E-state index < -0.39 is 0 Å². The van der Waals surface area contributed by atoms with E-state index in [1.807, 2.05) is 18.2 Å². The largest absolute Gasteiger partial charge is 0.462 e. The number of fused-ring (bicyclic) bond motifs is 1. The fraction of sp³-hybridized carbons (Fsp3) is 0.417. The highest BCUT2D eigenvalue weighted by atomic mass is 35.5. The van der Waals surface area contributed by atoms with E-state index in [0.29, 0.717) is 40.7 Å². The summed E-state index contributed by atoms with van der Waals surface area (Å²) in [6.45, 7) is 5.10. The van der Waals surface area contributed by atoms with Gasteiger partial charge in [-0.3, -0.25) is 9.69 Å². The van der Waals surface area contributed by atoms with Gasteiger partial charge in [0.25, 0.3) is 0 Å². The lowest BCUT2D eigenvalue weighted by Gasteiger charge is -2.36. The molecule has 1 saturated heterocycles. The molecule has 0 radical (unpaired) electrons. The number of rotatable bonds is 7. The number of benzene rings is 2. The summed E-state index contributed by atoms with van der Waals surface area (Å²) >= 11 is 12.5. The van der Waals surface area contributed by atoms with Crippen molar-refractivity contribution in [2.24, 2.45) is 0 Å². The summed E-state index contributed by atoms with van der Waals surface area (Å²) in [5.74, 6) is -0.362. The number of ether oxygens (including phenoxy) is 1. The number of unbranched alkanes of at least 4 members (excludes halogenated alkanes) is 1. The quantitative estimate of drug-likeness (QED) is 0.415. The maximum absolute atomic E-state index is 12.3. The van der Waals surface area contributed by atoms with Crippen LogP contribution in [0.25, 0.3) is 0 Å². The summed E-state index contributed by atoms with van der Waals surface area (Å²) in [6, 6.07) is 11.1. The van der Waals surface area contributed by atoms with Gasteiger partial charge in [-0.25, -0.2) is 4.79 Å². The highest BCUT2D eigenvalue weighted by Crippen LogP contribution is 2.32. The molecule has 2 heterocycles. The summed E-state index contributed by atoms with van der Waals surface area (Å²) in [5.41, 5.74) is 3.24. The van der Waals surface area contributed by atoms with Gasteiger partial charge in [0.15, 0.2) is 0 Å². The third kappa shape index (κ3) is 6.54. The number of amides is 1. The van der Waals surface area contributed by atoms with Crippen LogP contribution < -0.4 is 10.2 Å². The second-order valence-corrected chi connectivity index (χ2v) is 8.95. The Kier molecular flexibility index (Phi) is 9.27. The summed E-state index contributed by atoms with van der Waals surface area (Å²) in [5, 5.41) is 4.02. The molecule has 1 N–H and O–H groups in total. The molecule has 2 aliphatic heterocycles. The Labute approximate surface area is 210 Å². The first-order chi connectivity index (χ1) is 15.5. The minimum atomic E-state index is -0.348. The number of aryl methyl sites for hydroxylation is 1. The lowest BCUT2D eigenvalue weighted by atomic mass is 10.0. The number of carbonyl (C=O) groups excluding carboxylic acids is 2. The zero-order valence-electron chi connectivity index (χ0n) is 18.3. The Morgan fingerprint density at radius 3 is 2.61 bits per heavy atom. The predicted octanol–water partition coefficient (Wildman–Crippen LogP) is 5.06. The van der Waals surface area contributed by atoms with Crippen LogP contribution in [0, 0.1) is 0 Å². The molecule has 0 unspecified atom stereocenters. The van der Waals surface area contributed by atoms with E-state index in [1.54, 1.807) is 18.2 Å². The minimum Gasteiger partial charge on any atom is -0.462 e. The van der Waals surface area contributed by atoms with Crippen LogP contribution in [0.1, 0.15) is 35.2 Å². The van der Waals surface area contributed by atoms with Crippen molar-refractivity contribution in [3.63, 3.8) is 0 Å². The maximum atomic E-state index is 12.3. The Hall–Kier alpha value is -1.99. The standard InChI is InChI=1S/C24H27Cl2N3O3.ClH/c25-19-4-3-5-21(23(19)26)29-13-11-28(12-14-29)10-1-2-15-32-24(31)18-7-6-17-8-9-22(30)27-20(17)16-18;/h3-7,16H,1-2,8-15H2,(H,27,30);1H. The average molecular weight is 513 g/mol. The topological polar surface area (TPSA) is 61.9 Å². The van der Waals surface area contributed by atoms with Crippen LogP contribution in [0.5, 0.6) is 0 Å². The van der Waals surface area contributed by atoms with Crippen molar-refractivity contribution in [2.45, 2.75) is 25.7 Å². The van der Waals surface area contributed by atoms with Crippen molar-refractivity contribution < 1.29 is 14.3 Å². The van der Waals surface area contributed by atoms with Crippen molar-refractivity contribution >= 4 is 58.9 Å². The fourth-order valence-corrected chi connectivity index (χ4v) is 4.55. The van der Waals surface area contributed by atoms with Crippen LogP contribution in [0.3, 0.4) is 0 Å². The molecular formula is C24H28Cl3N3O3. The Morgan fingerprint density at radius 2 is 1.82 bits per heavy atom. The van der Waals surface area contributed by atoms with Crippen LogP contribution in [0.15, 0.2) is 36.4 Å². The van der Waals surface area contributed by atoms with E-state index in [0.717, 1.165) is 56.8 Å². The number of hydrogen-bond donors (Lipinski definition) is 1. The second kappa shape index (κ2) is 11.9. The van der Waals surface area contributed by atoms with Crippen LogP contribution in [-0.2, 0) is 16.0 Å². The molecule has 9 heteroatoms. The van der Waals surface area contributed by atoms with Gasteiger partial charge in [-0.05, 0) is 55.6 Å². The average Bonchev–Trinajstić information content (AvgIpc) is 2.80. The fourth-order valence-electron chi connectivity index (χ4n) is 4.13. The number of halogens is 3. The van der Waals surface area contributed by atoms with E-state index in [4.69, 9.17) is 27.9 Å². The molecule has 0 atom stereocenters. The number of piperazine rings is 1. The molecule has 4 rings (SSSR count). The molecule has 2 aromatic carbocycles. The Bertz CT molecular complexity index is 994. The first-order valence-electron chi connectivity index (χ1n) is 11.0. The molecule has 1 fully saturated rings. The number of carbonyl (C=O) groups is 2. The SMILES string of the molecule is Cl.O=C1CCc2ccc(C(=O)OCCCCN3CCN(c4cccc(Cl)c4Cl)CC3)cc2N1. The van der Waals surface area contributed by atoms with Crippen LogP contribution in [0.2, 0.25) is 10.0 Å². The smallest absolute Gasteiger partial charge is 0.338 e. The molecular weight excluding hydrogens is 485 g/mol. The third-order valence-electron chi connectivity index (χ3n) is 5.99. The van der Waals surface area contributed by atoms with Gasteiger partial charge in [-0.2, -0.15) is 0 Å². The Balaban J connectivity index is 0.00000306. The van der Waals surface area contributed by atoms with Gasteiger partial charge in [0.2, 0.25) is 5.91 Å². The van der Waals surface area contributed by atoms with Gasteiger partial charge in [0, 0.05) is 38.3 Å². The van der Waals surface area contributed by atoms with Gasteiger partial charge in [0.1, 0.15) is 0 Å². The molecule has 2 aliphatic rings.